The molecular weight excluding hydrogens is 449 g/mol. The van der Waals surface area contributed by atoms with Crippen molar-refractivity contribution in [2.45, 2.75) is 20.4 Å². The van der Waals surface area contributed by atoms with Crippen LogP contribution in [0.15, 0.2) is 81.5 Å². The first-order chi connectivity index (χ1) is 13.8. The van der Waals surface area contributed by atoms with Gasteiger partial charge < -0.3 is 5.73 Å². The highest BCUT2D eigenvalue weighted by atomic mass is 35.5. The molecule has 0 atom stereocenters. The molecular formula is C20H15Cl2N3O2S2. The molecule has 0 fully saturated rings. The van der Waals surface area contributed by atoms with Gasteiger partial charge in [0.2, 0.25) is 0 Å². The van der Waals surface area contributed by atoms with E-state index in [1.165, 1.54) is 11.8 Å². The van der Waals surface area contributed by atoms with E-state index in [0.29, 0.717) is 15.7 Å². The molecule has 4 aromatic rings. The molecule has 0 saturated heterocycles. The highest BCUT2D eigenvalue weighted by Gasteiger charge is 2.21. The Bertz CT molecular complexity index is 1290. The number of fused-ring (bicyclic) bond motifs is 1. The summed E-state index contributed by atoms with van der Waals surface area (Å²) in [5.41, 5.74) is 7.06. The average Bonchev–Trinajstić information content (AvgIpc) is 3.00. The van der Waals surface area contributed by atoms with Crippen molar-refractivity contribution in [2.75, 3.05) is 5.73 Å². The van der Waals surface area contributed by atoms with Crippen LogP contribution >= 0.6 is 35.0 Å². The number of aromatic nitrogens is 2. The molecule has 29 heavy (non-hydrogen) atoms. The standard InChI is InChI=1S/C20H15Cl2N3O2S2/c21-13-6-8-15(9-7-13)28-18-10-14(22)11-25-19(23)17(24-20(18)25)12-29(26,27)16-4-2-1-3-5-16/h1-11H,12,23H2. The van der Waals surface area contributed by atoms with Crippen molar-refractivity contribution in [1.29, 1.82) is 0 Å². The molecule has 0 aliphatic heterocycles. The molecule has 0 amide bonds. The highest BCUT2D eigenvalue weighted by molar-refractivity contribution is 7.99. The Morgan fingerprint density at radius 3 is 2.38 bits per heavy atom. The predicted molar refractivity (Wildman–Crippen MR) is 118 cm³/mol. The molecule has 0 bridgehead atoms. The smallest absolute Gasteiger partial charge is 0.184 e. The van der Waals surface area contributed by atoms with Gasteiger partial charge in [0.25, 0.3) is 0 Å². The van der Waals surface area contributed by atoms with Crippen LogP contribution in [0.5, 0.6) is 0 Å². The quantitative estimate of drug-likeness (QED) is 0.431. The van der Waals surface area contributed by atoms with Gasteiger partial charge in [-0.15, -0.1) is 0 Å². The normalized spacial score (nSPS) is 11.8. The van der Waals surface area contributed by atoms with Crippen LogP contribution in [0, 0.1) is 0 Å². The van der Waals surface area contributed by atoms with E-state index < -0.39 is 9.84 Å². The van der Waals surface area contributed by atoms with Crippen LogP contribution in [0.1, 0.15) is 5.69 Å². The van der Waals surface area contributed by atoms with Gasteiger partial charge >= 0.3 is 0 Å². The fraction of sp³-hybridized carbons (Fsp3) is 0.0500. The van der Waals surface area contributed by atoms with E-state index in [-0.39, 0.29) is 22.2 Å². The Balaban J connectivity index is 1.76. The van der Waals surface area contributed by atoms with Crippen molar-refractivity contribution in [2.24, 2.45) is 0 Å². The third-order valence-electron chi connectivity index (χ3n) is 4.24. The van der Waals surface area contributed by atoms with Crippen molar-refractivity contribution >= 4 is 56.3 Å². The maximum atomic E-state index is 12.8. The lowest BCUT2D eigenvalue weighted by Gasteiger charge is -2.06. The number of anilines is 1. The van der Waals surface area contributed by atoms with E-state index in [1.54, 1.807) is 59.1 Å². The van der Waals surface area contributed by atoms with Crippen LogP contribution in [0.2, 0.25) is 10.0 Å². The SMILES string of the molecule is Nc1c(CS(=O)(=O)c2ccccc2)nc2c(Sc3ccc(Cl)cc3)cc(Cl)cn12. The third-order valence-corrected chi connectivity index (χ3v) is 7.37. The highest BCUT2D eigenvalue weighted by Crippen LogP contribution is 2.35. The van der Waals surface area contributed by atoms with Crippen LogP contribution in [0.4, 0.5) is 5.82 Å². The molecule has 2 aromatic heterocycles. The van der Waals surface area contributed by atoms with Gasteiger partial charge in [-0.3, -0.25) is 4.40 Å². The molecule has 0 radical (unpaired) electrons. The minimum Gasteiger partial charge on any atom is -0.383 e. The number of imidazole rings is 1. The Morgan fingerprint density at radius 1 is 1.00 bits per heavy atom. The first kappa shape index (κ1) is 20.1. The lowest BCUT2D eigenvalue weighted by Crippen LogP contribution is -2.07. The first-order valence-electron chi connectivity index (χ1n) is 8.51. The van der Waals surface area contributed by atoms with E-state index in [9.17, 15) is 8.42 Å². The molecule has 0 aliphatic carbocycles. The number of nitrogen functional groups attached to an aromatic ring is 1. The fourth-order valence-electron chi connectivity index (χ4n) is 2.85. The zero-order valence-electron chi connectivity index (χ0n) is 14.9. The zero-order chi connectivity index (χ0) is 20.6. The zero-order valence-corrected chi connectivity index (χ0v) is 18.1. The van der Waals surface area contributed by atoms with Crippen LogP contribution in [0.3, 0.4) is 0 Å². The molecule has 4 rings (SSSR count). The second kappa shape index (κ2) is 7.91. The van der Waals surface area contributed by atoms with E-state index >= 15 is 0 Å². The molecule has 5 nitrogen and oxygen atoms in total. The summed E-state index contributed by atoms with van der Waals surface area (Å²) < 4.78 is 27.1. The number of rotatable bonds is 5. The van der Waals surface area contributed by atoms with E-state index in [1.807, 2.05) is 12.1 Å². The van der Waals surface area contributed by atoms with Crippen molar-refractivity contribution in [1.82, 2.24) is 9.38 Å². The Kier molecular flexibility index (Phi) is 5.48. The van der Waals surface area contributed by atoms with Crippen molar-refractivity contribution in [3.63, 3.8) is 0 Å². The predicted octanol–water partition coefficient (Wildman–Crippen LogP) is 5.35. The Labute approximate surface area is 182 Å². The van der Waals surface area contributed by atoms with Crippen molar-refractivity contribution < 1.29 is 8.42 Å². The second-order valence-corrected chi connectivity index (χ2v) is 10.3. The third kappa shape index (κ3) is 4.23. The average molecular weight is 464 g/mol. The van der Waals surface area contributed by atoms with Gasteiger partial charge in [-0.05, 0) is 42.5 Å². The number of sulfone groups is 1. The summed E-state index contributed by atoms with van der Waals surface area (Å²) in [6.45, 7) is 0. The van der Waals surface area contributed by atoms with Gasteiger partial charge in [-0.25, -0.2) is 13.4 Å². The largest absolute Gasteiger partial charge is 0.383 e. The molecule has 2 aromatic carbocycles. The summed E-state index contributed by atoms with van der Waals surface area (Å²) in [4.78, 5) is 6.46. The molecule has 0 saturated carbocycles. The Hall–Kier alpha value is -2.19. The van der Waals surface area contributed by atoms with Gasteiger partial charge in [-0.2, -0.15) is 0 Å². The van der Waals surface area contributed by atoms with Gasteiger partial charge in [0.1, 0.15) is 11.6 Å². The van der Waals surface area contributed by atoms with Gasteiger partial charge in [0, 0.05) is 16.1 Å². The number of nitrogens with zero attached hydrogens (tertiary/aromatic N) is 2. The summed E-state index contributed by atoms with van der Waals surface area (Å²) in [6.07, 6.45) is 1.63. The molecule has 0 aliphatic rings. The van der Waals surface area contributed by atoms with Gasteiger partial charge in [-0.1, -0.05) is 53.2 Å². The number of hydrogen-bond acceptors (Lipinski definition) is 5. The molecule has 0 spiro atoms. The number of nitrogens with two attached hydrogens (primary N) is 1. The molecule has 9 heteroatoms. The van der Waals surface area contributed by atoms with E-state index in [2.05, 4.69) is 4.98 Å². The van der Waals surface area contributed by atoms with Crippen LogP contribution < -0.4 is 5.73 Å². The van der Waals surface area contributed by atoms with Crippen LogP contribution in [-0.4, -0.2) is 17.8 Å². The first-order valence-corrected chi connectivity index (χ1v) is 11.7. The fourth-order valence-corrected chi connectivity index (χ4v) is 5.50. The van der Waals surface area contributed by atoms with E-state index in [0.717, 1.165) is 9.79 Å². The Morgan fingerprint density at radius 2 is 1.69 bits per heavy atom. The number of halogens is 2. The van der Waals surface area contributed by atoms with Crippen molar-refractivity contribution in [3.8, 4) is 0 Å². The van der Waals surface area contributed by atoms with Gasteiger partial charge in [0.05, 0.1) is 20.5 Å². The van der Waals surface area contributed by atoms with Crippen molar-refractivity contribution in [3.05, 3.63) is 82.6 Å². The molecule has 148 valence electrons. The second-order valence-electron chi connectivity index (χ2n) is 6.29. The number of benzene rings is 2. The minimum absolute atomic E-state index is 0.227. The maximum absolute atomic E-state index is 12.8. The monoisotopic (exact) mass is 463 g/mol. The topological polar surface area (TPSA) is 77.5 Å². The number of pyridine rings is 1. The molecule has 2 N–H and O–H groups in total. The molecule has 0 unspecified atom stereocenters. The van der Waals surface area contributed by atoms with Crippen LogP contribution in [-0.2, 0) is 15.6 Å². The maximum Gasteiger partial charge on any atom is 0.184 e. The minimum atomic E-state index is -3.58. The van der Waals surface area contributed by atoms with Gasteiger partial charge in [0.15, 0.2) is 15.5 Å². The summed E-state index contributed by atoms with van der Waals surface area (Å²) >= 11 is 13.7. The summed E-state index contributed by atoms with van der Waals surface area (Å²) in [5, 5.41) is 1.11. The lowest BCUT2D eigenvalue weighted by atomic mass is 10.4. The number of hydrogen-bond donors (Lipinski definition) is 1. The molecule has 2 heterocycles. The van der Waals surface area contributed by atoms with Crippen LogP contribution in [0.25, 0.3) is 5.65 Å². The summed E-state index contributed by atoms with van der Waals surface area (Å²) in [7, 11) is -3.58. The lowest BCUT2D eigenvalue weighted by molar-refractivity contribution is 0.595. The van der Waals surface area contributed by atoms with E-state index in [4.69, 9.17) is 28.9 Å². The summed E-state index contributed by atoms with van der Waals surface area (Å²) in [5.74, 6) is -0.0485. The summed E-state index contributed by atoms with van der Waals surface area (Å²) in [6, 6.07) is 17.4.